The summed E-state index contributed by atoms with van der Waals surface area (Å²) in [5, 5.41) is 2.15. The van der Waals surface area contributed by atoms with E-state index in [4.69, 9.17) is 0 Å². The molecule has 0 aromatic carbocycles. The number of hydrogen-bond acceptors (Lipinski definition) is 4. The van der Waals surface area contributed by atoms with Crippen LogP contribution in [-0.4, -0.2) is 40.3 Å². The lowest BCUT2D eigenvalue weighted by Gasteiger charge is -2.36. The Morgan fingerprint density at radius 3 is 3.17 bits per heavy atom. The van der Waals surface area contributed by atoms with Crippen LogP contribution in [0.4, 0.5) is 0 Å². The van der Waals surface area contributed by atoms with Gasteiger partial charge in [0.1, 0.15) is 0 Å². The van der Waals surface area contributed by atoms with Crippen molar-refractivity contribution < 1.29 is 4.79 Å². The van der Waals surface area contributed by atoms with E-state index in [1.54, 1.807) is 6.20 Å². The van der Waals surface area contributed by atoms with Gasteiger partial charge in [0, 0.05) is 43.4 Å². The van der Waals surface area contributed by atoms with Gasteiger partial charge in [-0.25, -0.2) is 0 Å². The molecule has 0 bridgehead atoms. The first-order valence-corrected chi connectivity index (χ1v) is 9.63. The highest BCUT2D eigenvalue weighted by atomic mass is 32.1. The molecule has 4 rings (SSSR count). The predicted octanol–water partition coefficient (Wildman–Crippen LogP) is 2.94. The Morgan fingerprint density at radius 1 is 1.33 bits per heavy atom. The monoisotopic (exact) mass is 341 g/mol. The zero-order valence-electron chi connectivity index (χ0n) is 13.9. The molecule has 24 heavy (non-hydrogen) atoms. The van der Waals surface area contributed by atoms with Gasteiger partial charge in [0.2, 0.25) is 5.91 Å². The third-order valence-corrected chi connectivity index (χ3v) is 6.13. The molecular weight excluding hydrogens is 318 g/mol. The minimum absolute atomic E-state index is 0.149. The van der Waals surface area contributed by atoms with Crippen LogP contribution in [-0.2, 0) is 24.3 Å². The van der Waals surface area contributed by atoms with Gasteiger partial charge >= 0.3 is 0 Å². The molecule has 0 aliphatic carbocycles. The summed E-state index contributed by atoms with van der Waals surface area (Å²) in [6, 6.07) is 6.27. The molecule has 4 heterocycles. The van der Waals surface area contributed by atoms with Crippen LogP contribution in [0.3, 0.4) is 0 Å². The first-order chi connectivity index (χ1) is 11.8. The molecule has 1 amide bonds. The second kappa shape index (κ2) is 7.03. The van der Waals surface area contributed by atoms with Crippen molar-refractivity contribution in [3.05, 3.63) is 52.0 Å². The number of amides is 1. The molecule has 4 nitrogen and oxygen atoms in total. The van der Waals surface area contributed by atoms with E-state index >= 15 is 0 Å². The molecule has 2 aliphatic rings. The third-order valence-electron chi connectivity index (χ3n) is 5.10. The fourth-order valence-electron chi connectivity index (χ4n) is 3.85. The highest BCUT2D eigenvalue weighted by Gasteiger charge is 2.31. The maximum Gasteiger partial charge on any atom is 0.227 e. The van der Waals surface area contributed by atoms with Gasteiger partial charge in [-0.3, -0.25) is 14.7 Å². The number of hydrogen-bond donors (Lipinski definition) is 0. The van der Waals surface area contributed by atoms with Gasteiger partial charge in [0.05, 0.1) is 5.92 Å². The number of carbonyl (C=O) groups is 1. The zero-order chi connectivity index (χ0) is 16.4. The standard InChI is InChI=1S/C19H23N3OS/c23-19(22-9-5-18-16(14-22)6-10-24-18)17-4-2-8-21(13-17)12-15-3-1-7-20-11-15/h1,3,6-7,10-11,17H,2,4-5,8-9,12-14H2. The van der Waals surface area contributed by atoms with Gasteiger partial charge in [-0.05, 0) is 54.4 Å². The van der Waals surface area contributed by atoms with E-state index in [0.717, 1.165) is 52.0 Å². The van der Waals surface area contributed by atoms with E-state index in [0.29, 0.717) is 5.91 Å². The number of nitrogens with zero attached hydrogens (tertiary/aromatic N) is 3. The van der Waals surface area contributed by atoms with Crippen LogP contribution in [0.1, 0.15) is 28.8 Å². The van der Waals surface area contributed by atoms with Crippen molar-refractivity contribution in [1.29, 1.82) is 0 Å². The number of rotatable bonds is 3. The molecule has 2 aromatic rings. The number of pyridine rings is 1. The van der Waals surface area contributed by atoms with Crippen LogP contribution in [0.25, 0.3) is 0 Å². The fourth-order valence-corrected chi connectivity index (χ4v) is 4.74. The van der Waals surface area contributed by atoms with Crippen molar-refractivity contribution in [2.24, 2.45) is 5.92 Å². The Morgan fingerprint density at radius 2 is 2.29 bits per heavy atom. The molecule has 1 unspecified atom stereocenters. The summed E-state index contributed by atoms with van der Waals surface area (Å²) in [6.07, 6.45) is 6.88. The molecule has 2 aliphatic heterocycles. The van der Waals surface area contributed by atoms with E-state index in [1.165, 1.54) is 16.0 Å². The summed E-state index contributed by atoms with van der Waals surface area (Å²) in [5.41, 5.74) is 2.58. The first-order valence-electron chi connectivity index (χ1n) is 8.75. The summed E-state index contributed by atoms with van der Waals surface area (Å²) >= 11 is 1.82. The number of piperidine rings is 1. The van der Waals surface area contributed by atoms with E-state index in [-0.39, 0.29) is 5.92 Å². The highest BCUT2D eigenvalue weighted by molar-refractivity contribution is 7.10. The molecule has 1 atom stereocenters. The normalized spacial score (nSPS) is 21.5. The van der Waals surface area contributed by atoms with Crippen LogP contribution >= 0.6 is 11.3 Å². The van der Waals surface area contributed by atoms with Gasteiger partial charge in [0.15, 0.2) is 0 Å². The van der Waals surface area contributed by atoms with Gasteiger partial charge in [-0.2, -0.15) is 0 Å². The predicted molar refractivity (Wildman–Crippen MR) is 95.7 cm³/mol. The van der Waals surface area contributed by atoms with E-state index in [9.17, 15) is 4.79 Å². The van der Waals surface area contributed by atoms with Crippen molar-refractivity contribution in [3.8, 4) is 0 Å². The van der Waals surface area contributed by atoms with Crippen LogP contribution in [0, 0.1) is 5.92 Å². The molecule has 1 fully saturated rings. The lowest BCUT2D eigenvalue weighted by Crippen LogP contribution is -2.45. The van der Waals surface area contributed by atoms with Crippen LogP contribution in [0.2, 0.25) is 0 Å². The molecule has 0 spiro atoms. The second-order valence-corrected chi connectivity index (χ2v) is 7.82. The average Bonchev–Trinajstić information content (AvgIpc) is 3.10. The topological polar surface area (TPSA) is 36.4 Å². The van der Waals surface area contributed by atoms with Crippen LogP contribution < -0.4 is 0 Å². The van der Waals surface area contributed by atoms with Gasteiger partial charge in [-0.1, -0.05) is 6.07 Å². The third kappa shape index (κ3) is 3.37. The number of likely N-dealkylation sites (tertiary alicyclic amines) is 1. The molecule has 5 heteroatoms. The van der Waals surface area contributed by atoms with E-state index in [1.807, 2.05) is 23.6 Å². The lowest BCUT2D eigenvalue weighted by molar-refractivity contribution is -0.138. The number of carbonyl (C=O) groups excluding carboxylic acids is 1. The van der Waals surface area contributed by atoms with Crippen molar-refractivity contribution in [2.75, 3.05) is 19.6 Å². The summed E-state index contributed by atoms with van der Waals surface area (Å²) in [6.45, 7) is 4.53. The van der Waals surface area contributed by atoms with Crippen LogP contribution in [0.5, 0.6) is 0 Å². The van der Waals surface area contributed by atoms with Gasteiger partial charge in [-0.15, -0.1) is 11.3 Å². The van der Waals surface area contributed by atoms with Crippen molar-refractivity contribution in [1.82, 2.24) is 14.8 Å². The largest absolute Gasteiger partial charge is 0.338 e. The Bertz CT molecular complexity index is 700. The summed E-state index contributed by atoms with van der Waals surface area (Å²) in [5.74, 6) is 0.498. The smallest absolute Gasteiger partial charge is 0.227 e. The molecule has 0 saturated carbocycles. The molecule has 2 aromatic heterocycles. The Hall–Kier alpha value is -1.72. The summed E-state index contributed by atoms with van der Waals surface area (Å²) in [4.78, 5) is 23.1. The number of thiophene rings is 1. The quantitative estimate of drug-likeness (QED) is 0.861. The van der Waals surface area contributed by atoms with E-state index in [2.05, 4.69) is 32.3 Å². The van der Waals surface area contributed by atoms with Crippen LogP contribution in [0.15, 0.2) is 36.0 Å². The van der Waals surface area contributed by atoms with Crippen molar-refractivity contribution in [3.63, 3.8) is 0 Å². The summed E-state index contributed by atoms with van der Waals surface area (Å²) in [7, 11) is 0. The first kappa shape index (κ1) is 15.8. The van der Waals surface area contributed by atoms with Gasteiger partial charge < -0.3 is 4.90 Å². The van der Waals surface area contributed by atoms with Crippen molar-refractivity contribution in [2.45, 2.75) is 32.4 Å². The maximum absolute atomic E-state index is 13.0. The molecule has 126 valence electrons. The van der Waals surface area contributed by atoms with E-state index < -0.39 is 0 Å². The van der Waals surface area contributed by atoms with Crippen molar-refractivity contribution >= 4 is 17.2 Å². The highest BCUT2D eigenvalue weighted by Crippen LogP contribution is 2.27. The number of fused-ring (bicyclic) bond motifs is 1. The second-order valence-electron chi connectivity index (χ2n) is 6.81. The minimum Gasteiger partial charge on any atom is -0.338 e. The molecule has 0 N–H and O–H groups in total. The molecular formula is C19H23N3OS. The Labute approximate surface area is 147 Å². The number of aromatic nitrogens is 1. The molecule has 0 radical (unpaired) electrons. The Balaban J connectivity index is 1.38. The summed E-state index contributed by atoms with van der Waals surface area (Å²) < 4.78 is 0. The Kier molecular flexibility index (Phi) is 4.63. The lowest BCUT2D eigenvalue weighted by atomic mass is 9.95. The van der Waals surface area contributed by atoms with Gasteiger partial charge in [0.25, 0.3) is 0 Å². The minimum atomic E-state index is 0.149. The zero-order valence-corrected chi connectivity index (χ0v) is 14.7. The average molecular weight is 341 g/mol. The fraction of sp³-hybridized carbons (Fsp3) is 0.474. The SMILES string of the molecule is O=C(C1CCCN(Cc2cccnc2)C1)N1CCc2sccc2C1. The maximum atomic E-state index is 13.0. The molecule has 1 saturated heterocycles.